The molecule has 0 unspecified atom stereocenters. The zero-order chi connectivity index (χ0) is 15.1. The van der Waals surface area contributed by atoms with E-state index in [0.29, 0.717) is 32.5 Å². The Bertz CT molecular complexity index is 366. The van der Waals surface area contributed by atoms with Crippen molar-refractivity contribution < 1.29 is 24.2 Å². The maximum absolute atomic E-state index is 11.7. The number of nitrogens with one attached hydrogen (secondary N) is 1. The summed E-state index contributed by atoms with van der Waals surface area (Å²) in [5, 5.41) is 11.4. The van der Waals surface area contributed by atoms with Gasteiger partial charge in [-0.3, -0.25) is 4.79 Å². The number of likely N-dealkylation sites (N-methyl/N-ethyl adjacent to an activating group) is 1. The number of carboxylic acid groups (broad SMARTS) is 1. The average molecular weight is 287 g/mol. The fourth-order valence-electron chi connectivity index (χ4n) is 1.98. The van der Waals surface area contributed by atoms with E-state index in [1.807, 2.05) is 0 Å². The Kier molecular flexibility index (Phi) is 6.08. The number of carbonyl (C=O) groups is 3. The second-order valence-electron chi connectivity index (χ2n) is 4.66. The van der Waals surface area contributed by atoms with Gasteiger partial charge in [-0.1, -0.05) is 0 Å². The van der Waals surface area contributed by atoms with Gasteiger partial charge in [0.15, 0.2) is 0 Å². The van der Waals surface area contributed by atoms with E-state index in [4.69, 9.17) is 9.84 Å². The van der Waals surface area contributed by atoms with Crippen LogP contribution in [-0.4, -0.2) is 72.3 Å². The minimum Gasteiger partial charge on any atom is -0.480 e. The van der Waals surface area contributed by atoms with Gasteiger partial charge < -0.3 is 25.0 Å². The summed E-state index contributed by atoms with van der Waals surface area (Å²) in [5.41, 5.74) is 0. The molecule has 0 spiro atoms. The number of aliphatic carboxylic acids is 1. The fourth-order valence-corrected chi connectivity index (χ4v) is 1.98. The molecule has 0 aromatic heterocycles. The van der Waals surface area contributed by atoms with Crippen LogP contribution in [0.1, 0.15) is 19.8 Å². The number of amides is 3. The number of hydrogen-bond acceptors (Lipinski definition) is 4. The normalized spacial score (nSPS) is 15.6. The van der Waals surface area contributed by atoms with Gasteiger partial charge in [-0.25, -0.2) is 9.59 Å². The van der Waals surface area contributed by atoms with Crippen molar-refractivity contribution in [2.75, 3.05) is 33.3 Å². The van der Waals surface area contributed by atoms with E-state index in [2.05, 4.69) is 5.32 Å². The van der Waals surface area contributed by atoms with E-state index < -0.39 is 12.0 Å². The van der Waals surface area contributed by atoms with Crippen LogP contribution in [0, 0.1) is 0 Å². The molecule has 8 nitrogen and oxygen atoms in total. The summed E-state index contributed by atoms with van der Waals surface area (Å²) in [6.07, 6.45) is 0.928. The first-order valence-electron chi connectivity index (χ1n) is 6.59. The van der Waals surface area contributed by atoms with Crippen molar-refractivity contribution in [2.24, 2.45) is 0 Å². The van der Waals surface area contributed by atoms with Crippen molar-refractivity contribution in [3.63, 3.8) is 0 Å². The van der Waals surface area contributed by atoms with Crippen LogP contribution in [0.15, 0.2) is 0 Å². The molecule has 1 heterocycles. The number of carbonyl (C=O) groups excluding carboxylic acids is 2. The quantitative estimate of drug-likeness (QED) is 0.776. The van der Waals surface area contributed by atoms with Gasteiger partial charge in [0.25, 0.3) is 0 Å². The standard InChI is InChI=1S/C12H21N3O5/c1-3-20-12(19)15-6-4-9(5-7-15)13-11(18)14(2)8-10(16)17/h9H,3-8H2,1-2H3,(H,13,18)(H,16,17). The molecule has 0 aromatic rings. The van der Waals surface area contributed by atoms with Gasteiger partial charge >= 0.3 is 18.1 Å². The summed E-state index contributed by atoms with van der Waals surface area (Å²) in [7, 11) is 1.43. The van der Waals surface area contributed by atoms with Crippen LogP contribution >= 0.6 is 0 Å². The summed E-state index contributed by atoms with van der Waals surface area (Å²) < 4.78 is 4.91. The second kappa shape index (κ2) is 7.56. The van der Waals surface area contributed by atoms with Crippen LogP contribution in [-0.2, 0) is 9.53 Å². The smallest absolute Gasteiger partial charge is 0.409 e. The maximum atomic E-state index is 11.7. The molecule has 0 saturated carbocycles. The topological polar surface area (TPSA) is 99.2 Å². The Labute approximate surface area is 117 Å². The predicted molar refractivity (Wildman–Crippen MR) is 70.4 cm³/mol. The number of urea groups is 1. The van der Waals surface area contributed by atoms with Crippen LogP contribution in [0.3, 0.4) is 0 Å². The SMILES string of the molecule is CCOC(=O)N1CCC(NC(=O)N(C)CC(=O)O)CC1. The molecule has 1 saturated heterocycles. The van der Waals surface area contributed by atoms with Crippen LogP contribution in [0.4, 0.5) is 9.59 Å². The van der Waals surface area contributed by atoms with Crippen LogP contribution in [0.5, 0.6) is 0 Å². The molecular weight excluding hydrogens is 266 g/mol. The molecule has 0 atom stereocenters. The number of piperidine rings is 1. The molecular formula is C12H21N3O5. The predicted octanol–water partition coefficient (Wildman–Crippen LogP) is 0.333. The lowest BCUT2D eigenvalue weighted by atomic mass is 10.1. The van der Waals surface area contributed by atoms with Gasteiger partial charge in [0.1, 0.15) is 6.54 Å². The fraction of sp³-hybridized carbons (Fsp3) is 0.750. The van der Waals surface area contributed by atoms with E-state index >= 15 is 0 Å². The van der Waals surface area contributed by atoms with Crippen molar-refractivity contribution >= 4 is 18.1 Å². The Morgan fingerprint density at radius 3 is 2.45 bits per heavy atom. The Balaban J connectivity index is 2.33. The average Bonchev–Trinajstić information content (AvgIpc) is 2.39. The van der Waals surface area contributed by atoms with Crippen LogP contribution in [0.2, 0.25) is 0 Å². The third-order valence-electron chi connectivity index (χ3n) is 3.07. The highest BCUT2D eigenvalue weighted by Crippen LogP contribution is 2.11. The molecule has 0 aromatic carbocycles. The minimum atomic E-state index is -1.06. The van der Waals surface area contributed by atoms with E-state index in [9.17, 15) is 14.4 Å². The van der Waals surface area contributed by atoms with Crippen molar-refractivity contribution in [1.82, 2.24) is 15.1 Å². The lowest BCUT2D eigenvalue weighted by Crippen LogP contribution is -2.50. The third-order valence-corrected chi connectivity index (χ3v) is 3.07. The van der Waals surface area contributed by atoms with E-state index in [0.717, 1.165) is 4.90 Å². The number of hydrogen-bond donors (Lipinski definition) is 2. The molecule has 1 rings (SSSR count). The van der Waals surface area contributed by atoms with Gasteiger partial charge in [0, 0.05) is 26.2 Å². The first-order valence-corrected chi connectivity index (χ1v) is 6.59. The van der Waals surface area contributed by atoms with Crippen molar-refractivity contribution in [3.05, 3.63) is 0 Å². The molecule has 0 radical (unpaired) electrons. The molecule has 3 amide bonds. The lowest BCUT2D eigenvalue weighted by molar-refractivity contribution is -0.137. The summed E-state index contributed by atoms with van der Waals surface area (Å²) in [6, 6.07) is -0.466. The highest BCUT2D eigenvalue weighted by Gasteiger charge is 2.25. The highest BCUT2D eigenvalue weighted by atomic mass is 16.6. The Morgan fingerprint density at radius 2 is 1.95 bits per heavy atom. The lowest BCUT2D eigenvalue weighted by Gasteiger charge is -2.32. The van der Waals surface area contributed by atoms with Crippen molar-refractivity contribution in [1.29, 1.82) is 0 Å². The van der Waals surface area contributed by atoms with Crippen LogP contribution in [0.25, 0.3) is 0 Å². The third kappa shape index (κ3) is 4.94. The molecule has 114 valence electrons. The number of ether oxygens (including phenoxy) is 1. The van der Waals surface area contributed by atoms with E-state index in [1.165, 1.54) is 7.05 Å². The number of likely N-dealkylation sites (tertiary alicyclic amines) is 1. The molecule has 0 bridgehead atoms. The largest absolute Gasteiger partial charge is 0.480 e. The molecule has 1 aliphatic rings. The summed E-state index contributed by atoms with van der Waals surface area (Å²) >= 11 is 0. The summed E-state index contributed by atoms with van der Waals surface area (Å²) in [5.74, 6) is -1.06. The summed E-state index contributed by atoms with van der Waals surface area (Å²) in [6.45, 7) is 2.80. The highest BCUT2D eigenvalue weighted by molar-refractivity contribution is 5.80. The zero-order valence-electron chi connectivity index (χ0n) is 11.8. The van der Waals surface area contributed by atoms with E-state index in [-0.39, 0.29) is 18.7 Å². The zero-order valence-corrected chi connectivity index (χ0v) is 11.8. The minimum absolute atomic E-state index is 0.0515. The maximum Gasteiger partial charge on any atom is 0.409 e. The van der Waals surface area contributed by atoms with E-state index in [1.54, 1.807) is 11.8 Å². The Hall–Kier alpha value is -1.99. The molecule has 0 aliphatic carbocycles. The molecule has 20 heavy (non-hydrogen) atoms. The van der Waals surface area contributed by atoms with Gasteiger partial charge in [-0.2, -0.15) is 0 Å². The molecule has 8 heteroatoms. The molecule has 2 N–H and O–H groups in total. The van der Waals surface area contributed by atoms with Gasteiger partial charge in [-0.05, 0) is 19.8 Å². The summed E-state index contributed by atoms with van der Waals surface area (Å²) in [4.78, 5) is 36.4. The van der Waals surface area contributed by atoms with Crippen molar-refractivity contribution in [2.45, 2.75) is 25.8 Å². The first kappa shape index (κ1) is 16.1. The second-order valence-corrected chi connectivity index (χ2v) is 4.66. The molecule has 1 fully saturated rings. The number of carboxylic acids is 1. The van der Waals surface area contributed by atoms with Gasteiger partial charge in [0.2, 0.25) is 0 Å². The number of rotatable bonds is 4. The monoisotopic (exact) mass is 287 g/mol. The van der Waals surface area contributed by atoms with Gasteiger partial charge in [0.05, 0.1) is 6.61 Å². The number of nitrogens with zero attached hydrogens (tertiary/aromatic N) is 2. The molecule has 1 aliphatic heterocycles. The Morgan fingerprint density at radius 1 is 1.35 bits per heavy atom. The first-order chi connectivity index (χ1) is 9.43. The van der Waals surface area contributed by atoms with Crippen LogP contribution < -0.4 is 5.32 Å². The van der Waals surface area contributed by atoms with Gasteiger partial charge in [-0.15, -0.1) is 0 Å². The van der Waals surface area contributed by atoms with Crippen molar-refractivity contribution in [3.8, 4) is 0 Å².